The molecule has 6 nitrogen and oxygen atoms in total. The number of rotatable bonds is 6. The maximum absolute atomic E-state index is 12.8. The Balaban J connectivity index is 1.61. The highest BCUT2D eigenvalue weighted by Crippen LogP contribution is 2.34. The summed E-state index contributed by atoms with van der Waals surface area (Å²) in [6, 6.07) is 15.7. The summed E-state index contributed by atoms with van der Waals surface area (Å²) in [4.78, 5) is 0.740. The van der Waals surface area contributed by atoms with Crippen molar-refractivity contribution in [1.29, 1.82) is 0 Å². The zero-order valence-corrected chi connectivity index (χ0v) is 17.2. The number of nitrogens with one attached hydrogen (secondary N) is 2. The molecule has 0 amide bonds. The van der Waals surface area contributed by atoms with E-state index in [0.717, 1.165) is 21.7 Å². The van der Waals surface area contributed by atoms with Gasteiger partial charge in [-0.15, -0.1) is 11.8 Å². The van der Waals surface area contributed by atoms with E-state index in [2.05, 4.69) is 14.9 Å². The molecule has 0 spiro atoms. The Morgan fingerprint density at radius 1 is 1.18 bits per heavy atom. The molecule has 0 atom stereocenters. The van der Waals surface area contributed by atoms with Gasteiger partial charge >= 0.3 is 0 Å². The molecule has 2 N–H and O–H groups in total. The summed E-state index contributed by atoms with van der Waals surface area (Å²) >= 11 is 7.56. The molecule has 0 aliphatic heterocycles. The predicted molar refractivity (Wildman–Crippen MR) is 111 cm³/mol. The summed E-state index contributed by atoms with van der Waals surface area (Å²) in [7, 11) is -3.90. The van der Waals surface area contributed by atoms with Crippen molar-refractivity contribution in [2.45, 2.75) is 22.7 Å². The standard InChI is InChI=1S/C19H16ClN3O3S2/c1-12-8-15(22-21-12)11-27-18-7-6-14(20)10-16(18)23-28(24,25)19-9-13-4-2-3-5-17(13)26-19/h2-10,23H,11H2,1H3,(H,21,22). The fourth-order valence-electron chi connectivity index (χ4n) is 2.69. The van der Waals surface area contributed by atoms with Gasteiger partial charge in [0.15, 0.2) is 0 Å². The Morgan fingerprint density at radius 3 is 2.75 bits per heavy atom. The smallest absolute Gasteiger partial charge is 0.295 e. The number of H-pyrrole nitrogens is 1. The summed E-state index contributed by atoms with van der Waals surface area (Å²) in [6.45, 7) is 1.93. The number of aromatic amines is 1. The molecular formula is C19H16ClN3O3S2. The second-order valence-corrected chi connectivity index (χ2v) is 9.25. The fraction of sp³-hybridized carbons (Fsp3) is 0.105. The molecule has 0 bridgehead atoms. The number of thioether (sulfide) groups is 1. The molecule has 4 aromatic rings. The zero-order chi connectivity index (χ0) is 19.7. The third-order valence-corrected chi connectivity index (χ3v) is 6.55. The van der Waals surface area contributed by atoms with Crippen LogP contribution in [0, 0.1) is 6.92 Å². The predicted octanol–water partition coefficient (Wildman–Crippen LogP) is 5.21. The summed E-state index contributed by atoms with van der Waals surface area (Å²) in [6.07, 6.45) is 0. The minimum Gasteiger partial charge on any atom is -0.443 e. The molecule has 144 valence electrons. The molecule has 4 rings (SSSR count). The van der Waals surface area contributed by atoms with Gasteiger partial charge in [-0.05, 0) is 37.3 Å². The van der Waals surface area contributed by atoms with Gasteiger partial charge in [-0.3, -0.25) is 9.82 Å². The van der Waals surface area contributed by atoms with Crippen molar-refractivity contribution in [3.05, 3.63) is 71.0 Å². The number of aromatic nitrogens is 2. The number of nitrogens with zero attached hydrogens (tertiary/aromatic N) is 1. The Hall–Kier alpha value is -2.42. The number of hydrogen-bond acceptors (Lipinski definition) is 5. The van der Waals surface area contributed by atoms with E-state index in [4.69, 9.17) is 16.0 Å². The largest absolute Gasteiger partial charge is 0.443 e. The molecule has 2 heterocycles. The number of fused-ring (bicyclic) bond motifs is 1. The van der Waals surface area contributed by atoms with Gasteiger partial charge in [0.05, 0.1) is 11.4 Å². The first-order valence-electron chi connectivity index (χ1n) is 8.35. The molecule has 0 unspecified atom stereocenters. The molecular weight excluding hydrogens is 418 g/mol. The molecule has 0 saturated carbocycles. The van der Waals surface area contributed by atoms with Crippen molar-refractivity contribution in [3.8, 4) is 0 Å². The highest BCUT2D eigenvalue weighted by molar-refractivity contribution is 7.98. The Labute approximate surface area is 171 Å². The molecule has 0 aliphatic rings. The summed E-state index contributed by atoms with van der Waals surface area (Å²) in [5.74, 6) is 0.589. The molecule has 0 aliphatic carbocycles. The first-order chi connectivity index (χ1) is 13.4. The average Bonchev–Trinajstić information content (AvgIpc) is 3.27. The van der Waals surface area contributed by atoms with Crippen LogP contribution in [0.1, 0.15) is 11.4 Å². The number of benzene rings is 2. The monoisotopic (exact) mass is 433 g/mol. The molecule has 0 saturated heterocycles. The van der Waals surface area contributed by atoms with Crippen LogP contribution in [0.2, 0.25) is 5.02 Å². The SMILES string of the molecule is Cc1cc(CSc2ccc(Cl)cc2NS(=O)(=O)c2cc3ccccc3o2)n[nH]1. The lowest BCUT2D eigenvalue weighted by Gasteiger charge is -2.11. The minimum atomic E-state index is -3.90. The quantitative estimate of drug-likeness (QED) is 0.407. The van der Waals surface area contributed by atoms with Crippen molar-refractivity contribution < 1.29 is 12.8 Å². The Kier molecular flexibility index (Phi) is 5.09. The van der Waals surface area contributed by atoms with Crippen LogP contribution >= 0.6 is 23.4 Å². The fourth-order valence-corrected chi connectivity index (χ4v) is 4.85. The number of sulfonamides is 1. The van der Waals surface area contributed by atoms with Crippen LogP contribution in [0.25, 0.3) is 11.0 Å². The Bertz CT molecular complexity index is 1220. The van der Waals surface area contributed by atoms with Gasteiger partial charge in [0.25, 0.3) is 10.0 Å². The zero-order valence-electron chi connectivity index (χ0n) is 14.8. The second-order valence-electron chi connectivity index (χ2n) is 6.18. The highest BCUT2D eigenvalue weighted by Gasteiger charge is 2.21. The topological polar surface area (TPSA) is 88.0 Å². The first kappa shape index (κ1) is 18.9. The van der Waals surface area contributed by atoms with Crippen molar-refractivity contribution in [1.82, 2.24) is 10.2 Å². The summed E-state index contributed by atoms with van der Waals surface area (Å²) in [5.41, 5.74) is 2.75. The van der Waals surface area contributed by atoms with Crippen molar-refractivity contribution >= 4 is 50.0 Å². The maximum atomic E-state index is 12.8. The van der Waals surface area contributed by atoms with E-state index in [1.54, 1.807) is 36.4 Å². The van der Waals surface area contributed by atoms with Crippen molar-refractivity contribution in [2.24, 2.45) is 0 Å². The number of halogens is 1. The van der Waals surface area contributed by atoms with Crippen LogP contribution in [0.4, 0.5) is 5.69 Å². The molecule has 28 heavy (non-hydrogen) atoms. The van der Waals surface area contributed by atoms with Gasteiger partial charge in [-0.2, -0.15) is 13.5 Å². The van der Waals surface area contributed by atoms with Crippen LogP contribution in [0.15, 0.2) is 69.0 Å². The molecule has 2 aromatic carbocycles. The van der Waals surface area contributed by atoms with Gasteiger partial charge in [-0.1, -0.05) is 29.8 Å². The first-order valence-corrected chi connectivity index (χ1v) is 11.2. The molecule has 9 heteroatoms. The normalized spacial score (nSPS) is 11.8. The van der Waals surface area contributed by atoms with Gasteiger partial charge in [-0.25, -0.2) is 0 Å². The molecule has 0 fully saturated rings. The molecule has 2 aromatic heterocycles. The van der Waals surface area contributed by atoms with Crippen molar-refractivity contribution in [3.63, 3.8) is 0 Å². The van der Waals surface area contributed by atoms with Crippen LogP contribution in [0.5, 0.6) is 0 Å². The molecule has 0 radical (unpaired) electrons. The number of aryl methyl sites for hydroxylation is 1. The number of para-hydroxylation sites is 1. The van der Waals surface area contributed by atoms with Gasteiger partial charge < -0.3 is 4.42 Å². The van der Waals surface area contributed by atoms with Crippen LogP contribution in [0.3, 0.4) is 0 Å². The number of hydrogen-bond donors (Lipinski definition) is 2. The minimum absolute atomic E-state index is 0.146. The average molecular weight is 434 g/mol. The lowest BCUT2D eigenvalue weighted by atomic mass is 10.3. The van der Waals surface area contributed by atoms with Gasteiger partial charge in [0.2, 0.25) is 5.09 Å². The lowest BCUT2D eigenvalue weighted by Crippen LogP contribution is -2.12. The van der Waals surface area contributed by atoms with Crippen LogP contribution in [-0.2, 0) is 15.8 Å². The van der Waals surface area contributed by atoms with Crippen LogP contribution in [-0.4, -0.2) is 18.6 Å². The van der Waals surface area contributed by atoms with E-state index in [1.807, 2.05) is 19.1 Å². The third-order valence-electron chi connectivity index (χ3n) is 3.99. The number of anilines is 1. The van der Waals surface area contributed by atoms with Crippen molar-refractivity contribution in [2.75, 3.05) is 4.72 Å². The van der Waals surface area contributed by atoms with Gasteiger partial charge in [0.1, 0.15) is 5.58 Å². The summed E-state index contributed by atoms with van der Waals surface area (Å²) in [5, 5.41) is 8.10. The van der Waals surface area contributed by atoms with E-state index >= 15 is 0 Å². The number of furan rings is 1. The van der Waals surface area contributed by atoms with Crippen LogP contribution < -0.4 is 4.72 Å². The second kappa shape index (κ2) is 7.54. The Morgan fingerprint density at radius 2 is 2.00 bits per heavy atom. The van der Waals surface area contributed by atoms with E-state index in [1.165, 1.54) is 17.8 Å². The van der Waals surface area contributed by atoms with Gasteiger partial charge in [0, 0.05) is 32.8 Å². The van der Waals surface area contributed by atoms with E-state index < -0.39 is 10.0 Å². The maximum Gasteiger partial charge on any atom is 0.295 e. The van der Waals surface area contributed by atoms with E-state index in [9.17, 15) is 8.42 Å². The lowest BCUT2D eigenvalue weighted by molar-refractivity contribution is 0.484. The summed E-state index contributed by atoms with van der Waals surface area (Å²) < 4.78 is 33.8. The highest BCUT2D eigenvalue weighted by atomic mass is 35.5. The van der Waals surface area contributed by atoms with E-state index in [0.29, 0.717) is 22.0 Å². The third kappa shape index (κ3) is 4.04. The van der Waals surface area contributed by atoms with E-state index in [-0.39, 0.29) is 5.09 Å².